The quantitative estimate of drug-likeness (QED) is 0.703. The SMILES string of the molecule is O=C(CCC1CCCCCCCCCCC1)C1=C(O)CSC1=O. The van der Waals surface area contributed by atoms with Gasteiger partial charge in [0.05, 0.1) is 5.75 Å². The van der Waals surface area contributed by atoms with E-state index < -0.39 is 0 Å². The standard InChI is InChI=1S/C19H30O3S/c20-16(18-17(21)14-23-19(18)22)13-12-15-10-8-6-4-2-1-3-5-7-9-11-15/h15,21H,1-14H2. The fraction of sp³-hybridized carbons (Fsp3) is 0.789. The first-order chi connectivity index (χ1) is 11.2. The molecule has 0 bridgehead atoms. The number of thioether (sulfide) groups is 1. The van der Waals surface area contributed by atoms with E-state index in [0.29, 0.717) is 12.3 Å². The molecule has 2 rings (SSSR count). The number of ketones is 1. The molecule has 23 heavy (non-hydrogen) atoms. The molecule has 4 heteroatoms. The smallest absolute Gasteiger partial charge is 0.226 e. The predicted molar refractivity (Wildman–Crippen MR) is 95.6 cm³/mol. The molecular formula is C19H30O3S. The van der Waals surface area contributed by atoms with Crippen molar-refractivity contribution in [1.82, 2.24) is 0 Å². The van der Waals surface area contributed by atoms with Crippen molar-refractivity contribution in [2.24, 2.45) is 5.92 Å². The van der Waals surface area contributed by atoms with Crippen molar-refractivity contribution in [2.75, 3.05) is 5.75 Å². The average molecular weight is 339 g/mol. The summed E-state index contributed by atoms with van der Waals surface area (Å²) in [7, 11) is 0. The Bertz CT molecular complexity index is 430. The van der Waals surface area contributed by atoms with Gasteiger partial charge in [-0.25, -0.2) is 0 Å². The third-order valence-electron chi connectivity index (χ3n) is 5.12. The van der Waals surface area contributed by atoms with Gasteiger partial charge in [-0.3, -0.25) is 9.59 Å². The van der Waals surface area contributed by atoms with Gasteiger partial charge < -0.3 is 5.11 Å². The Kier molecular flexibility index (Phi) is 8.21. The van der Waals surface area contributed by atoms with Crippen LogP contribution in [0.4, 0.5) is 0 Å². The molecule has 0 atom stereocenters. The van der Waals surface area contributed by atoms with Crippen LogP contribution in [0.1, 0.15) is 83.5 Å². The van der Waals surface area contributed by atoms with Gasteiger partial charge in [-0.1, -0.05) is 82.4 Å². The number of hydrogen-bond acceptors (Lipinski definition) is 4. The highest BCUT2D eigenvalue weighted by atomic mass is 32.2. The minimum absolute atomic E-state index is 0.0105. The zero-order chi connectivity index (χ0) is 16.5. The van der Waals surface area contributed by atoms with E-state index in [-0.39, 0.29) is 28.0 Å². The van der Waals surface area contributed by atoms with Crippen LogP contribution in [0.15, 0.2) is 11.3 Å². The Labute approximate surface area is 144 Å². The lowest BCUT2D eigenvalue weighted by Crippen LogP contribution is -2.12. The van der Waals surface area contributed by atoms with Crippen molar-refractivity contribution in [3.63, 3.8) is 0 Å². The molecule has 1 aliphatic carbocycles. The van der Waals surface area contributed by atoms with Crippen molar-refractivity contribution >= 4 is 22.7 Å². The van der Waals surface area contributed by atoms with Crippen molar-refractivity contribution in [3.05, 3.63) is 11.3 Å². The normalized spacial score (nSPS) is 22.7. The van der Waals surface area contributed by atoms with Crippen LogP contribution in [0, 0.1) is 5.92 Å². The van der Waals surface area contributed by atoms with Gasteiger partial charge in [-0.2, -0.15) is 0 Å². The summed E-state index contributed by atoms with van der Waals surface area (Å²) >= 11 is 1.03. The summed E-state index contributed by atoms with van der Waals surface area (Å²) in [6.45, 7) is 0. The van der Waals surface area contributed by atoms with Crippen LogP contribution in [0.2, 0.25) is 0 Å². The van der Waals surface area contributed by atoms with Crippen molar-refractivity contribution < 1.29 is 14.7 Å². The van der Waals surface area contributed by atoms with Gasteiger partial charge in [0.1, 0.15) is 11.3 Å². The fourth-order valence-electron chi connectivity index (χ4n) is 3.67. The highest BCUT2D eigenvalue weighted by molar-refractivity contribution is 8.14. The first kappa shape index (κ1) is 18.6. The summed E-state index contributed by atoms with van der Waals surface area (Å²) in [6.07, 6.45) is 15.7. The topological polar surface area (TPSA) is 54.4 Å². The molecule has 0 amide bonds. The zero-order valence-electron chi connectivity index (χ0n) is 14.1. The van der Waals surface area contributed by atoms with Gasteiger partial charge in [0.2, 0.25) is 5.12 Å². The second-order valence-corrected chi connectivity index (χ2v) is 7.93. The molecule has 1 aliphatic heterocycles. The Hall–Kier alpha value is -0.770. The summed E-state index contributed by atoms with van der Waals surface area (Å²) in [6, 6.07) is 0. The van der Waals surface area contributed by atoms with Gasteiger partial charge in [-0.15, -0.1) is 0 Å². The number of carbonyl (C=O) groups excluding carboxylic acids is 2. The maximum Gasteiger partial charge on any atom is 0.226 e. The lowest BCUT2D eigenvalue weighted by molar-refractivity contribution is -0.118. The summed E-state index contributed by atoms with van der Waals surface area (Å²) in [5.41, 5.74) is 0.0724. The first-order valence-corrected chi connectivity index (χ1v) is 10.3. The van der Waals surface area contributed by atoms with Crippen molar-refractivity contribution in [1.29, 1.82) is 0 Å². The molecule has 0 aromatic rings. The first-order valence-electron chi connectivity index (χ1n) is 9.31. The summed E-state index contributed by atoms with van der Waals surface area (Å²) in [5, 5.41) is 9.45. The maximum absolute atomic E-state index is 12.2. The summed E-state index contributed by atoms with van der Waals surface area (Å²) < 4.78 is 0. The molecule has 0 spiro atoms. The van der Waals surface area contributed by atoms with Crippen LogP contribution in [-0.4, -0.2) is 21.8 Å². The molecule has 1 N–H and O–H groups in total. The molecule has 130 valence electrons. The molecule has 0 unspecified atom stereocenters. The largest absolute Gasteiger partial charge is 0.510 e. The zero-order valence-corrected chi connectivity index (χ0v) is 15.0. The molecule has 3 nitrogen and oxygen atoms in total. The van der Waals surface area contributed by atoms with E-state index in [4.69, 9.17) is 0 Å². The van der Waals surface area contributed by atoms with E-state index >= 15 is 0 Å². The Morgan fingerprint density at radius 3 is 1.96 bits per heavy atom. The van der Waals surface area contributed by atoms with E-state index in [0.717, 1.165) is 18.2 Å². The van der Waals surface area contributed by atoms with Crippen LogP contribution < -0.4 is 0 Å². The fourth-order valence-corrected chi connectivity index (χ4v) is 4.46. The van der Waals surface area contributed by atoms with E-state index in [1.807, 2.05) is 0 Å². The number of aliphatic hydroxyl groups is 1. The second-order valence-electron chi connectivity index (χ2n) is 6.99. The molecule has 0 aromatic carbocycles. The third-order valence-corrected chi connectivity index (χ3v) is 6.00. The van der Waals surface area contributed by atoms with Crippen LogP contribution >= 0.6 is 11.8 Å². The van der Waals surface area contributed by atoms with E-state index in [2.05, 4.69) is 0 Å². The van der Waals surface area contributed by atoms with Crippen LogP contribution in [0.25, 0.3) is 0 Å². The Morgan fingerprint density at radius 1 is 0.957 bits per heavy atom. The number of Topliss-reactive ketones (excluding diaryl/α,β-unsaturated/α-hetero) is 1. The van der Waals surface area contributed by atoms with Crippen LogP contribution in [0.3, 0.4) is 0 Å². The van der Waals surface area contributed by atoms with Gasteiger partial charge in [-0.05, 0) is 12.3 Å². The van der Waals surface area contributed by atoms with E-state index in [9.17, 15) is 14.7 Å². The summed E-state index contributed by atoms with van der Waals surface area (Å²) in [5.74, 6) is 0.709. The Morgan fingerprint density at radius 2 is 1.48 bits per heavy atom. The third kappa shape index (κ3) is 6.33. The maximum atomic E-state index is 12.2. The lowest BCUT2D eigenvalue weighted by Gasteiger charge is -2.17. The van der Waals surface area contributed by atoms with E-state index in [1.54, 1.807) is 0 Å². The molecular weight excluding hydrogens is 308 g/mol. The van der Waals surface area contributed by atoms with Gasteiger partial charge in [0, 0.05) is 6.42 Å². The predicted octanol–water partition coefficient (Wildman–Crippen LogP) is 5.34. The number of aliphatic hydroxyl groups excluding tert-OH is 1. The molecule has 0 aromatic heterocycles. The van der Waals surface area contributed by atoms with E-state index in [1.165, 1.54) is 70.6 Å². The Balaban J connectivity index is 1.80. The molecule has 1 fully saturated rings. The highest BCUT2D eigenvalue weighted by Crippen LogP contribution is 2.29. The average Bonchev–Trinajstić information content (AvgIpc) is 2.85. The molecule has 2 aliphatic rings. The molecule has 1 saturated carbocycles. The van der Waals surface area contributed by atoms with Crippen molar-refractivity contribution in [2.45, 2.75) is 83.5 Å². The second kappa shape index (κ2) is 10.2. The van der Waals surface area contributed by atoms with Crippen LogP contribution in [0.5, 0.6) is 0 Å². The number of hydrogen-bond donors (Lipinski definition) is 1. The molecule has 0 saturated heterocycles. The monoisotopic (exact) mass is 338 g/mol. The van der Waals surface area contributed by atoms with Gasteiger partial charge in [0.15, 0.2) is 5.78 Å². The van der Waals surface area contributed by atoms with Crippen molar-refractivity contribution in [3.8, 4) is 0 Å². The van der Waals surface area contributed by atoms with Gasteiger partial charge >= 0.3 is 0 Å². The number of carbonyl (C=O) groups is 2. The number of rotatable bonds is 4. The van der Waals surface area contributed by atoms with Gasteiger partial charge in [0.25, 0.3) is 0 Å². The minimum atomic E-state index is -0.244. The molecule has 0 radical (unpaired) electrons. The summed E-state index contributed by atoms with van der Waals surface area (Å²) in [4.78, 5) is 23.9. The minimum Gasteiger partial charge on any atom is -0.510 e. The van der Waals surface area contributed by atoms with Crippen LogP contribution in [-0.2, 0) is 9.59 Å². The highest BCUT2D eigenvalue weighted by Gasteiger charge is 2.29. The molecule has 1 heterocycles. The lowest BCUT2D eigenvalue weighted by atomic mass is 9.88.